The van der Waals surface area contributed by atoms with E-state index in [9.17, 15) is 171 Å². The van der Waals surface area contributed by atoms with E-state index >= 15 is 0 Å². The Balaban J connectivity index is 4.03. The molecule has 0 bridgehead atoms. The molecular formula is C28H12F39O. The molecule has 0 atom stereocenters. The number of halogens is 39. The van der Waals surface area contributed by atoms with Gasteiger partial charge in [-0.3, -0.25) is 0 Å². The van der Waals surface area contributed by atoms with E-state index < -0.39 is 163 Å². The third-order valence-electron chi connectivity index (χ3n) is 9.04. The lowest BCUT2D eigenvalue weighted by atomic mass is 9.88. The van der Waals surface area contributed by atoms with Gasteiger partial charge in [-0.25, -0.2) is 0 Å². The number of rotatable bonds is 21. The fourth-order valence-electron chi connectivity index (χ4n) is 4.82. The summed E-state index contributed by atoms with van der Waals surface area (Å²) in [6.07, 6.45) is -43.6. The summed E-state index contributed by atoms with van der Waals surface area (Å²) in [7, 11) is 0. The van der Waals surface area contributed by atoms with Gasteiger partial charge in [-0.15, -0.1) is 0 Å². The van der Waals surface area contributed by atoms with Crippen LogP contribution in [0, 0.1) is 6.26 Å². The van der Waals surface area contributed by atoms with Crippen LogP contribution in [0.1, 0.15) is 36.1 Å². The number of furan rings is 1. The third kappa shape index (κ3) is 8.97. The van der Waals surface area contributed by atoms with Crippen LogP contribution in [0.15, 0.2) is 4.42 Å². The highest BCUT2D eigenvalue weighted by Gasteiger charge is 2.93. The molecule has 0 saturated carbocycles. The highest BCUT2D eigenvalue weighted by Crippen LogP contribution is 2.64. The van der Waals surface area contributed by atoms with E-state index in [1.807, 2.05) is 0 Å². The van der Waals surface area contributed by atoms with Crippen molar-refractivity contribution < 1.29 is 176 Å². The summed E-state index contributed by atoms with van der Waals surface area (Å²) in [4.78, 5) is 0. The van der Waals surface area contributed by atoms with Crippen LogP contribution < -0.4 is 0 Å². The van der Waals surface area contributed by atoms with E-state index in [0.29, 0.717) is 6.26 Å². The van der Waals surface area contributed by atoms with Crippen LogP contribution in [0.4, 0.5) is 171 Å². The molecule has 0 spiro atoms. The zero-order valence-corrected chi connectivity index (χ0v) is 30.4. The first-order valence-electron chi connectivity index (χ1n) is 15.9. The highest BCUT2D eigenvalue weighted by molar-refractivity contribution is 5.29. The van der Waals surface area contributed by atoms with Crippen molar-refractivity contribution in [3.05, 3.63) is 23.2 Å². The molecule has 1 radical (unpaired) electrons. The largest absolute Gasteiger partial charge is 0.460 e. The molecule has 1 nitrogen and oxygen atoms in total. The second kappa shape index (κ2) is 16.8. The van der Waals surface area contributed by atoms with E-state index in [1.165, 1.54) is 0 Å². The third-order valence-corrected chi connectivity index (χ3v) is 9.04. The second-order valence-electron chi connectivity index (χ2n) is 13.6. The molecule has 0 saturated heterocycles. The molecule has 403 valence electrons. The van der Waals surface area contributed by atoms with Gasteiger partial charge in [0.25, 0.3) is 0 Å². The van der Waals surface area contributed by atoms with Crippen molar-refractivity contribution in [3.63, 3.8) is 0 Å². The lowest BCUT2D eigenvalue weighted by Gasteiger charge is -2.40. The molecule has 0 fully saturated rings. The average molecular weight is 1110 g/mol. The molecule has 0 amide bonds. The van der Waals surface area contributed by atoms with Crippen molar-refractivity contribution >= 4 is 0 Å². The van der Waals surface area contributed by atoms with Gasteiger partial charge in [0.1, 0.15) is 5.76 Å². The summed E-state index contributed by atoms with van der Waals surface area (Å²) in [5, 5.41) is 0. The van der Waals surface area contributed by atoms with Crippen molar-refractivity contribution in [2.24, 2.45) is 0 Å². The van der Waals surface area contributed by atoms with Crippen LogP contribution in [0.2, 0.25) is 0 Å². The molecule has 68 heavy (non-hydrogen) atoms. The number of hydrogen-bond acceptors (Lipinski definition) is 1. The maximum atomic E-state index is 14.5. The van der Waals surface area contributed by atoms with Gasteiger partial charge in [0.05, 0.1) is 0 Å². The molecule has 1 aromatic heterocycles. The van der Waals surface area contributed by atoms with Crippen LogP contribution in [-0.2, 0) is 19.3 Å². The Hall–Kier alpha value is -3.45. The molecular weight excluding hydrogens is 1090 g/mol. The van der Waals surface area contributed by atoms with Gasteiger partial charge < -0.3 is 4.42 Å². The summed E-state index contributed by atoms with van der Waals surface area (Å²) in [5.41, 5.74) is -4.85. The van der Waals surface area contributed by atoms with Gasteiger partial charge in [0.2, 0.25) is 0 Å². The minimum Gasteiger partial charge on any atom is -0.457 e. The Morgan fingerprint density at radius 2 is 0.456 bits per heavy atom. The summed E-state index contributed by atoms with van der Waals surface area (Å²) in [6.45, 7) is 0. The van der Waals surface area contributed by atoms with Gasteiger partial charge in [-0.1, -0.05) is 0 Å². The topological polar surface area (TPSA) is 13.1 Å². The summed E-state index contributed by atoms with van der Waals surface area (Å²) >= 11 is 0. The molecule has 0 aromatic carbocycles. The Bertz CT molecular complexity index is 1800. The van der Waals surface area contributed by atoms with E-state index in [2.05, 4.69) is 4.42 Å². The zero-order chi connectivity index (χ0) is 55.4. The normalized spacial score (nSPS) is 16.5. The maximum absolute atomic E-state index is 14.5. The van der Waals surface area contributed by atoms with Gasteiger partial charge in [0, 0.05) is 31.2 Å². The van der Waals surface area contributed by atoms with Crippen molar-refractivity contribution in [3.8, 4) is 0 Å². The molecule has 0 N–H and O–H groups in total. The fourth-order valence-corrected chi connectivity index (χ4v) is 4.82. The molecule has 0 unspecified atom stereocenters. The van der Waals surface area contributed by atoms with Gasteiger partial charge in [0.15, 0.2) is 6.26 Å². The second-order valence-corrected chi connectivity index (χ2v) is 13.6. The lowest BCUT2D eigenvalue weighted by molar-refractivity contribution is -0.440. The van der Waals surface area contributed by atoms with Crippen LogP contribution >= 0.6 is 0 Å². The van der Waals surface area contributed by atoms with E-state index in [-0.39, 0.29) is 0 Å². The molecule has 1 rings (SSSR count). The van der Waals surface area contributed by atoms with Gasteiger partial charge in [-0.2, -0.15) is 171 Å². The van der Waals surface area contributed by atoms with E-state index in [4.69, 9.17) is 0 Å². The van der Waals surface area contributed by atoms with Crippen LogP contribution in [0.25, 0.3) is 0 Å². The quantitative estimate of drug-likeness (QED) is 0.112. The van der Waals surface area contributed by atoms with Crippen LogP contribution in [0.3, 0.4) is 0 Å². The van der Waals surface area contributed by atoms with E-state index in [1.54, 1.807) is 0 Å². The first-order valence-corrected chi connectivity index (χ1v) is 15.9. The SMILES string of the molecule is FC(F)(F)C(F)(F)C(F)(F)C(F)(F)C(F)(F)C(F)(F)CCc1[c]oc(CCC(F)(F)C(F)(F)C(F)(F)C(F)(F)C(F)(F)C(F)(F)F)c1CCC(F)(F)C(F)(F)C(F)(F)C(F)(F)C(F)(F)C(F)(F)F. The number of hydrogen-bond donors (Lipinski definition) is 0. The van der Waals surface area contributed by atoms with Crippen LogP contribution in [-0.4, -0.2) is 107 Å². The first-order chi connectivity index (χ1) is 29.0. The summed E-state index contributed by atoms with van der Waals surface area (Å²) < 4.78 is 530. The fraction of sp³-hybridized carbons (Fsp3) is 0.857. The van der Waals surface area contributed by atoms with Crippen molar-refractivity contribution in [2.75, 3.05) is 0 Å². The Labute approximate surface area is 345 Å². The minimum absolute atomic E-state index is 0.636. The number of alkyl halides is 39. The Kier molecular flexibility index (Phi) is 15.5. The molecule has 0 aliphatic heterocycles. The Morgan fingerprint density at radius 3 is 0.691 bits per heavy atom. The molecule has 0 aliphatic rings. The lowest BCUT2D eigenvalue weighted by Crippen LogP contribution is -2.70. The molecule has 40 heteroatoms. The Morgan fingerprint density at radius 1 is 0.250 bits per heavy atom. The van der Waals surface area contributed by atoms with E-state index in [0.717, 1.165) is 0 Å². The zero-order valence-electron chi connectivity index (χ0n) is 30.4. The van der Waals surface area contributed by atoms with Crippen molar-refractivity contribution in [1.29, 1.82) is 0 Å². The predicted molar refractivity (Wildman–Crippen MR) is 135 cm³/mol. The maximum Gasteiger partial charge on any atom is 0.460 e. The van der Waals surface area contributed by atoms with Crippen LogP contribution in [0.5, 0.6) is 0 Å². The standard InChI is InChI=1S/C28H12F39O/c29-11(30,14(35,36)17(41,42)20(47,48)23(53,54)26(59,60)61)4-1-8-7-68-10(3-6-13(33,34)16(39,40)19(45,46)22(51,52)25(57,58)28(65,66)67)9(8)2-5-12(31,32)15(37,38)18(43,44)21(49,50)24(55,56)27(62,63)64/h1-6H2. The minimum atomic E-state index is -8.73. The summed E-state index contributed by atoms with van der Waals surface area (Å²) in [6, 6.07) is 0. The number of aryl methyl sites for hydroxylation is 2. The molecule has 1 aromatic rings. The highest BCUT2D eigenvalue weighted by atomic mass is 19.5. The summed E-state index contributed by atoms with van der Waals surface area (Å²) in [5.74, 6) is -127. The average Bonchev–Trinajstić information content (AvgIpc) is 3.51. The molecule has 0 aliphatic carbocycles. The van der Waals surface area contributed by atoms with Gasteiger partial charge in [-0.05, 0) is 18.4 Å². The predicted octanol–water partition coefficient (Wildman–Crippen LogP) is 15.1. The smallest absolute Gasteiger partial charge is 0.457 e. The first kappa shape index (κ1) is 62.6. The molecule has 1 heterocycles. The monoisotopic (exact) mass is 1110 g/mol. The van der Waals surface area contributed by atoms with Gasteiger partial charge >= 0.3 is 107 Å². The van der Waals surface area contributed by atoms with Crippen molar-refractivity contribution in [2.45, 2.75) is 146 Å². The van der Waals surface area contributed by atoms with Crippen molar-refractivity contribution in [1.82, 2.24) is 0 Å².